The van der Waals surface area contributed by atoms with Gasteiger partial charge in [0, 0.05) is 24.4 Å². The fraction of sp³-hybridized carbons (Fsp3) is 0.773. The van der Waals surface area contributed by atoms with E-state index in [1.807, 2.05) is 10.7 Å². The van der Waals surface area contributed by atoms with Gasteiger partial charge < -0.3 is 10.2 Å². The molecule has 0 bridgehead atoms. The molecule has 0 saturated carbocycles. The summed E-state index contributed by atoms with van der Waals surface area (Å²) in [7, 11) is 0. The van der Waals surface area contributed by atoms with E-state index in [0.29, 0.717) is 24.7 Å². The Morgan fingerprint density at radius 1 is 1.18 bits per heavy atom. The number of hydrogen-bond acceptors (Lipinski definition) is 3. The highest BCUT2D eigenvalue weighted by Crippen LogP contribution is 2.28. The molecule has 1 N–H and O–H groups in total. The van der Waals surface area contributed by atoms with Crippen molar-refractivity contribution >= 4 is 17.6 Å². The molecular weight excluding hydrogens is 352 g/mol. The Bertz CT molecular complexity index is 663. The van der Waals surface area contributed by atoms with Gasteiger partial charge in [0.05, 0.1) is 17.8 Å². The number of hydrogen-bond donors (Lipinski definition) is 1. The Morgan fingerprint density at radius 3 is 2.25 bits per heavy atom. The summed E-state index contributed by atoms with van der Waals surface area (Å²) in [5.41, 5.74) is 0.548. The van der Waals surface area contributed by atoms with E-state index in [1.54, 1.807) is 4.90 Å². The Balaban J connectivity index is 3.00. The minimum Gasteiger partial charge on any atom is -0.333 e. The van der Waals surface area contributed by atoms with Gasteiger partial charge in [-0.05, 0) is 33.1 Å². The van der Waals surface area contributed by atoms with Gasteiger partial charge in [-0.25, -0.2) is 4.68 Å². The zero-order chi connectivity index (χ0) is 21.7. The van der Waals surface area contributed by atoms with Crippen LogP contribution in [0.2, 0.25) is 0 Å². The predicted molar refractivity (Wildman–Crippen MR) is 115 cm³/mol. The molecular formula is C22H40N4O2. The highest BCUT2D eigenvalue weighted by molar-refractivity contribution is 5.94. The smallest absolute Gasteiger partial charge is 0.245 e. The first-order valence-corrected chi connectivity index (χ1v) is 10.4. The molecule has 1 aromatic heterocycles. The van der Waals surface area contributed by atoms with Crippen LogP contribution >= 0.6 is 0 Å². The largest absolute Gasteiger partial charge is 0.333 e. The molecule has 0 aliphatic rings. The average molecular weight is 393 g/mol. The van der Waals surface area contributed by atoms with Crippen molar-refractivity contribution in [1.82, 2.24) is 14.7 Å². The van der Waals surface area contributed by atoms with E-state index in [0.717, 1.165) is 18.5 Å². The lowest BCUT2D eigenvalue weighted by Crippen LogP contribution is -2.40. The number of unbranched alkanes of at least 4 members (excludes halogenated alkanes) is 1. The summed E-state index contributed by atoms with van der Waals surface area (Å²) in [6.07, 6.45) is 2.30. The van der Waals surface area contributed by atoms with Crippen LogP contribution in [0.15, 0.2) is 6.07 Å². The Hall–Kier alpha value is -1.85. The molecule has 2 amide bonds. The molecule has 0 radical (unpaired) electrons. The summed E-state index contributed by atoms with van der Waals surface area (Å²) < 4.78 is 1.86. The number of amides is 2. The first kappa shape index (κ1) is 24.2. The van der Waals surface area contributed by atoms with E-state index in [-0.39, 0.29) is 29.3 Å². The Morgan fingerprint density at radius 2 is 1.79 bits per heavy atom. The number of carbonyl (C=O) groups is 2. The van der Waals surface area contributed by atoms with E-state index < -0.39 is 0 Å². The van der Waals surface area contributed by atoms with Gasteiger partial charge in [-0.1, -0.05) is 48.0 Å². The van der Waals surface area contributed by atoms with Gasteiger partial charge in [0.1, 0.15) is 5.82 Å². The first-order valence-electron chi connectivity index (χ1n) is 10.4. The number of nitrogens with zero attached hydrogens (tertiary/aromatic N) is 3. The van der Waals surface area contributed by atoms with Gasteiger partial charge in [-0.3, -0.25) is 9.59 Å². The van der Waals surface area contributed by atoms with Crippen molar-refractivity contribution in [3.8, 4) is 0 Å². The van der Waals surface area contributed by atoms with Crippen molar-refractivity contribution in [2.45, 2.75) is 92.5 Å². The molecule has 6 heteroatoms. The van der Waals surface area contributed by atoms with Gasteiger partial charge in [0.15, 0.2) is 0 Å². The molecule has 0 spiro atoms. The summed E-state index contributed by atoms with van der Waals surface area (Å²) in [5.74, 6) is 0.848. The van der Waals surface area contributed by atoms with Crippen LogP contribution in [0.1, 0.15) is 87.3 Å². The lowest BCUT2D eigenvalue weighted by Gasteiger charge is -2.25. The quantitative estimate of drug-likeness (QED) is 0.706. The molecule has 0 atom stereocenters. The number of rotatable bonds is 8. The van der Waals surface area contributed by atoms with Crippen molar-refractivity contribution in [2.75, 3.05) is 18.4 Å². The van der Waals surface area contributed by atoms with Crippen LogP contribution in [0.3, 0.4) is 0 Å². The van der Waals surface area contributed by atoms with Crippen LogP contribution in [0.5, 0.6) is 0 Å². The SMILES string of the molecule is CCCCC(=O)N(CC(=O)Nc1cc(C(C)(C)C)nn1C(C)(C)C)CC(C)C. The molecule has 28 heavy (non-hydrogen) atoms. The lowest BCUT2D eigenvalue weighted by molar-refractivity contribution is -0.135. The minimum absolute atomic E-state index is 0.0467. The summed E-state index contributed by atoms with van der Waals surface area (Å²) in [4.78, 5) is 27.0. The summed E-state index contributed by atoms with van der Waals surface area (Å²) in [5, 5.41) is 7.72. The van der Waals surface area contributed by atoms with E-state index in [9.17, 15) is 9.59 Å². The number of nitrogens with one attached hydrogen (secondary N) is 1. The van der Waals surface area contributed by atoms with Gasteiger partial charge in [-0.2, -0.15) is 5.10 Å². The fourth-order valence-corrected chi connectivity index (χ4v) is 2.89. The van der Waals surface area contributed by atoms with Crippen LogP contribution in [0.25, 0.3) is 0 Å². The Kier molecular flexibility index (Phi) is 8.27. The minimum atomic E-state index is -0.263. The molecule has 1 rings (SSSR count). The first-order chi connectivity index (χ1) is 12.8. The summed E-state index contributed by atoms with van der Waals surface area (Å²) >= 11 is 0. The van der Waals surface area contributed by atoms with Crippen LogP contribution in [-0.2, 0) is 20.5 Å². The van der Waals surface area contributed by atoms with Crippen molar-refractivity contribution < 1.29 is 9.59 Å². The maximum absolute atomic E-state index is 12.8. The second-order valence-corrected chi connectivity index (χ2v) is 10.1. The lowest BCUT2D eigenvalue weighted by atomic mass is 9.92. The van der Waals surface area contributed by atoms with Crippen LogP contribution in [0.4, 0.5) is 5.82 Å². The van der Waals surface area contributed by atoms with E-state index in [2.05, 4.69) is 67.6 Å². The molecule has 0 aliphatic carbocycles. The third-order valence-corrected chi connectivity index (χ3v) is 4.40. The van der Waals surface area contributed by atoms with Crippen molar-refractivity contribution in [1.29, 1.82) is 0 Å². The monoisotopic (exact) mass is 392 g/mol. The third-order valence-electron chi connectivity index (χ3n) is 4.40. The highest BCUT2D eigenvalue weighted by atomic mass is 16.2. The van der Waals surface area contributed by atoms with E-state index in [1.165, 1.54) is 0 Å². The molecule has 6 nitrogen and oxygen atoms in total. The standard InChI is InChI=1S/C22H40N4O2/c1-10-11-12-20(28)25(14-16(2)3)15-19(27)23-18-13-17(21(4,5)6)24-26(18)22(7,8)9/h13,16H,10-12,14-15H2,1-9H3,(H,23,27). The van der Waals surface area contributed by atoms with E-state index >= 15 is 0 Å². The maximum atomic E-state index is 12.8. The number of aromatic nitrogens is 2. The van der Waals surface area contributed by atoms with Gasteiger partial charge in [-0.15, -0.1) is 0 Å². The van der Waals surface area contributed by atoms with Crippen molar-refractivity contribution in [3.63, 3.8) is 0 Å². The zero-order valence-corrected chi connectivity index (χ0v) is 19.3. The molecule has 160 valence electrons. The molecule has 0 aromatic carbocycles. The zero-order valence-electron chi connectivity index (χ0n) is 19.3. The molecule has 0 unspecified atom stereocenters. The van der Waals surface area contributed by atoms with Crippen molar-refractivity contribution in [2.24, 2.45) is 5.92 Å². The normalized spacial score (nSPS) is 12.4. The highest BCUT2D eigenvalue weighted by Gasteiger charge is 2.26. The number of anilines is 1. The maximum Gasteiger partial charge on any atom is 0.245 e. The Labute approximate surface area is 171 Å². The molecule has 1 heterocycles. The molecule has 0 fully saturated rings. The van der Waals surface area contributed by atoms with Gasteiger partial charge in [0.25, 0.3) is 0 Å². The fourth-order valence-electron chi connectivity index (χ4n) is 2.89. The summed E-state index contributed by atoms with van der Waals surface area (Å²) in [6.45, 7) is 19.3. The molecule has 1 aromatic rings. The second-order valence-electron chi connectivity index (χ2n) is 10.1. The molecule has 0 saturated heterocycles. The number of carbonyl (C=O) groups excluding carboxylic acids is 2. The predicted octanol–water partition coefficient (Wildman–Crippen LogP) is 4.55. The van der Waals surface area contributed by atoms with Gasteiger partial charge in [0.2, 0.25) is 11.8 Å². The van der Waals surface area contributed by atoms with Crippen molar-refractivity contribution in [3.05, 3.63) is 11.8 Å². The molecule has 0 aliphatic heterocycles. The summed E-state index contributed by atoms with van der Waals surface area (Å²) in [6, 6.07) is 1.94. The van der Waals surface area contributed by atoms with Gasteiger partial charge >= 0.3 is 0 Å². The second kappa shape index (κ2) is 9.57. The van der Waals surface area contributed by atoms with Crippen LogP contribution in [-0.4, -0.2) is 39.6 Å². The average Bonchev–Trinajstić information content (AvgIpc) is 2.95. The van der Waals surface area contributed by atoms with E-state index in [4.69, 9.17) is 5.10 Å². The van der Waals surface area contributed by atoms with Crippen LogP contribution < -0.4 is 5.32 Å². The topological polar surface area (TPSA) is 67.2 Å². The van der Waals surface area contributed by atoms with Crippen LogP contribution in [0, 0.1) is 5.92 Å². The third kappa shape index (κ3) is 7.28.